The summed E-state index contributed by atoms with van der Waals surface area (Å²) in [5.41, 5.74) is 3.26. The maximum absolute atomic E-state index is 6.15. The van der Waals surface area contributed by atoms with Gasteiger partial charge in [-0.25, -0.2) is 0 Å². The lowest BCUT2D eigenvalue weighted by Gasteiger charge is -2.04. The number of hydrogen-bond acceptors (Lipinski definition) is 1. The Labute approximate surface area is 88.7 Å². The van der Waals surface area contributed by atoms with Crippen molar-refractivity contribution in [2.75, 3.05) is 0 Å². The summed E-state index contributed by atoms with van der Waals surface area (Å²) in [6, 6.07) is 8.10. The van der Waals surface area contributed by atoms with Gasteiger partial charge < -0.3 is 0 Å². The van der Waals surface area contributed by atoms with Crippen LogP contribution >= 0.6 is 11.6 Å². The highest BCUT2D eigenvalue weighted by Gasteiger charge is 2.02. The number of nitrogens with zero attached hydrogens (tertiary/aromatic N) is 1. The summed E-state index contributed by atoms with van der Waals surface area (Å²) in [5, 5.41) is 1.83. The van der Waals surface area contributed by atoms with Crippen LogP contribution in [-0.4, -0.2) is 4.98 Å². The molecule has 0 saturated carbocycles. The molecule has 0 aliphatic carbocycles. The minimum Gasteiger partial charge on any atom is -0.253 e. The van der Waals surface area contributed by atoms with Gasteiger partial charge in [0.1, 0.15) is 0 Å². The normalized spacial score (nSPS) is 10.8. The van der Waals surface area contributed by atoms with Crippen molar-refractivity contribution in [2.24, 2.45) is 0 Å². The highest BCUT2D eigenvalue weighted by Crippen LogP contribution is 2.23. The zero-order valence-corrected chi connectivity index (χ0v) is 9.10. The van der Waals surface area contributed by atoms with E-state index in [0.717, 1.165) is 28.0 Å². The third kappa shape index (κ3) is 1.60. The standard InChI is InChI=1S/C12H12ClN/c1-3-9-7-11(13)10-5-4-8(2)6-12(10)14-9/h4-7H,3H2,1-2H3. The average Bonchev–Trinajstić information content (AvgIpc) is 2.16. The lowest BCUT2D eigenvalue weighted by Crippen LogP contribution is -1.89. The van der Waals surface area contributed by atoms with Crippen LogP contribution in [0.25, 0.3) is 10.9 Å². The molecule has 0 aliphatic rings. The second-order valence-electron chi connectivity index (χ2n) is 3.47. The lowest BCUT2D eigenvalue weighted by molar-refractivity contribution is 1.06. The highest BCUT2D eigenvalue weighted by atomic mass is 35.5. The molecule has 0 unspecified atom stereocenters. The molecule has 0 bridgehead atoms. The zero-order valence-electron chi connectivity index (χ0n) is 8.34. The van der Waals surface area contributed by atoms with Gasteiger partial charge in [0.15, 0.2) is 0 Å². The Kier molecular flexibility index (Phi) is 2.42. The number of halogens is 1. The van der Waals surface area contributed by atoms with E-state index in [1.165, 1.54) is 5.56 Å². The Bertz CT molecular complexity index is 477. The molecular weight excluding hydrogens is 194 g/mol. The second kappa shape index (κ2) is 3.58. The smallest absolute Gasteiger partial charge is 0.0722 e. The van der Waals surface area contributed by atoms with Crippen LogP contribution in [0, 0.1) is 6.92 Å². The van der Waals surface area contributed by atoms with Crippen molar-refractivity contribution in [3.05, 3.63) is 40.5 Å². The average molecular weight is 206 g/mol. The predicted octanol–water partition coefficient (Wildman–Crippen LogP) is 3.76. The van der Waals surface area contributed by atoms with Gasteiger partial charge in [0.05, 0.1) is 10.5 Å². The number of aryl methyl sites for hydroxylation is 2. The van der Waals surface area contributed by atoms with E-state index in [2.05, 4.69) is 31.0 Å². The molecule has 0 amide bonds. The quantitative estimate of drug-likeness (QED) is 0.691. The molecular formula is C12H12ClN. The van der Waals surface area contributed by atoms with Gasteiger partial charge >= 0.3 is 0 Å². The van der Waals surface area contributed by atoms with Crippen molar-refractivity contribution in [1.82, 2.24) is 4.98 Å². The maximum Gasteiger partial charge on any atom is 0.0722 e. The van der Waals surface area contributed by atoms with Gasteiger partial charge in [-0.2, -0.15) is 0 Å². The number of pyridine rings is 1. The summed E-state index contributed by atoms with van der Waals surface area (Å²) >= 11 is 6.15. The Morgan fingerprint density at radius 3 is 2.79 bits per heavy atom. The van der Waals surface area contributed by atoms with Crippen molar-refractivity contribution in [3.63, 3.8) is 0 Å². The molecule has 2 heteroatoms. The van der Waals surface area contributed by atoms with E-state index in [1.807, 2.05) is 12.1 Å². The van der Waals surface area contributed by atoms with Crippen molar-refractivity contribution < 1.29 is 0 Å². The number of benzene rings is 1. The summed E-state index contributed by atoms with van der Waals surface area (Å²) in [6.07, 6.45) is 0.920. The molecule has 0 aliphatic heterocycles. The van der Waals surface area contributed by atoms with E-state index in [-0.39, 0.29) is 0 Å². The van der Waals surface area contributed by atoms with Crippen LogP contribution in [0.1, 0.15) is 18.2 Å². The molecule has 2 aromatic rings. The fourth-order valence-electron chi connectivity index (χ4n) is 1.53. The van der Waals surface area contributed by atoms with Crippen molar-refractivity contribution in [2.45, 2.75) is 20.3 Å². The van der Waals surface area contributed by atoms with Gasteiger partial charge in [0, 0.05) is 11.1 Å². The second-order valence-corrected chi connectivity index (χ2v) is 3.88. The minimum atomic E-state index is 0.798. The van der Waals surface area contributed by atoms with Gasteiger partial charge in [0.25, 0.3) is 0 Å². The van der Waals surface area contributed by atoms with E-state index < -0.39 is 0 Å². The van der Waals surface area contributed by atoms with Crippen molar-refractivity contribution in [3.8, 4) is 0 Å². The van der Waals surface area contributed by atoms with Gasteiger partial charge in [0.2, 0.25) is 0 Å². The fourth-order valence-corrected chi connectivity index (χ4v) is 1.81. The number of hydrogen-bond donors (Lipinski definition) is 0. The van der Waals surface area contributed by atoms with Crippen LogP contribution in [0.2, 0.25) is 5.02 Å². The number of fused-ring (bicyclic) bond motifs is 1. The van der Waals surface area contributed by atoms with Crippen LogP contribution in [-0.2, 0) is 6.42 Å². The number of rotatable bonds is 1. The molecule has 0 fully saturated rings. The van der Waals surface area contributed by atoms with Crippen LogP contribution in [0.5, 0.6) is 0 Å². The molecule has 1 heterocycles. The molecule has 2 rings (SSSR count). The molecule has 0 atom stereocenters. The maximum atomic E-state index is 6.15. The van der Waals surface area contributed by atoms with Gasteiger partial charge in [-0.15, -0.1) is 0 Å². The van der Waals surface area contributed by atoms with E-state index in [4.69, 9.17) is 11.6 Å². The molecule has 72 valence electrons. The first kappa shape index (κ1) is 9.47. The van der Waals surface area contributed by atoms with E-state index in [0.29, 0.717) is 0 Å². The first-order valence-corrected chi connectivity index (χ1v) is 5.14. The first-order chi connectivity index (χ1) is 6.70. The zero-order chi connectivity index (χ0) is 10.1. The summed E-state index contributed by atoms with van der Waals surface area (Å²) in [4.78, 5) is 4.53. The molecule has 1 aromatic heterocycles. The summed E-state index contributed by atoms with van der Waals surface area (Å²) in [6.45, 7) is 4.15. The van der Waals surface area contributed by atoms with Gasteiger partial charge in [-0.05, 0) is 31.0 Å². The first-order valence-electron chi connectivity index (χ1n) is 4.76. The molecule has 0 N–H and O–H groups in total. The van der Waals surface area contributed by atoms with Crippen LogP contribution in [0.4, 0.5) is 0 Å². The molecule has 0 spiro atoms. The van der Waals surface area contributed by atoms with Crippen molar-refractivity contribution >= 4 is 22.5 Å². The minimum absolute atomic E-state index is 0.798. The molecule has 14 heavy (non-hydrogen) atoms. The molecule has 1 nitrogen and oxygen atoms in total. The van der Waals surface area contributed by atoms with Gasteiger partial charge in [-0.3, -0.25) is 4.98 Å². The van der Waals surface area contributed by atoms with E-state index in [1.54, 1.807) is 0 Å². The Hall–Kier alpha value is -1.08. The predicted molar refractivity (Wildman–Crippen MR) is 60.9 cm³/mol. The van der Waals surface area contributed by atoms with E-state index >= 15 is 0 Å². The monoisotopic (exact) mass is 205 g/mol. The third-order valence-electron chi connectivity index (χ3n) is 2.33. The molecule has 0 radical (unpaired) electrons. The lowest BCUT2D eigenvalue weighted by atomic mass is 10.1. The molecule has 1 aromatic carbocycles. The Morgan fingerprint density at radius 2 is 2.07 bits per heavy atom. The van der Waals surface area contributed by atoms with Crippen LogP contribution in [0.15, 0.2) is 24.3 Å². The van der Waals surface area contributed by atoms with Crippen molar-refractivity contribution in [1.29, 1.82) is 0 Å². The SMILES string of the molecule is CCc1cc(Cl)c2ccc(C)cc2n1. The largest absolute Gasteiger partial charge is 0.253 e. The highest BCUT2D eigenvalue weighted by molar-refractivity contribution is 6.35. The fraction of sp³-hybridized carbons (Fsp3) is 0.250. The summed E-state index contributed by atoms with van der Waals surface area (Å²) < 4.78 is 0. The van der Waals surface area contributed by atoms with Gasteiger partial charge in [-0.1, -0.05) is 30.7 Å². The Morgan fingerprint density at radius 1 is 1.29 bits per heavy atom. The van der Waals surface area contributed by atoms with E-state index in [9.17, 15) is 0 Å². The Balaban J connectivity index is 2.77. The topological polar surface area (TPSA) is 12.9 Å². The molecule has 0 saturated heterocycles. The third-order valence-corrected chi connectivity index (χ3v) is 2.64. The summed E-state index contributed by atoms with van der Waals surface area (Å²) in [7, 11) is 0. The number of aromatic nitrogens is 1. The summed E-state index contributed by atoms with van der Waals surface area (Å²) in [5.74, 6) is 0. The van der Waals surface area contributed by atoms with Crippen LogP contribution in [0.3, 0.4) is 0 Å². The van der Waals surface area contributed by atoms with Crippen LogP contribution < -0.4 is 0 Å².